The van der Waals surface area contributed by atoms with Crippen molar-refractivity contribution in [2.24, 2.45) is 11.8 Å². The number of hydrogen-bond donors (Lipinski definition) is 3. The van der Waals surface area contributed by atoms with Crippen molar-refractivity contribution in [3.63, 3.8) is 0 Å². The lowest BCUT2D eigenvalue weighted by atomic mass is 9.81. The van der Waals surface area contributed by atoms with E-state index in [-0.39, 0.29) is 28.5 Å². The van der Waals surface area contributed by atoms with E-state index in [0.29, 0.717) is 25.9 Å². The Hall–Kier alpha value is -2.78. The molecule has 33 heavy (non-hydrogen) atoms. The summed E-state index contributed by atoms with van der Waals surface area (Å²) in [6.45, 7) is 4.24. The van der Waals surface area contributed by atoms with Crippen molar-refractivity contribution in [1.82, 2.24) is 20.3 Å². The van der Waals surface area contributed by atoms with E-state index in [0.717, 1.165) is 24.1 Å². The van der Waals surface area contributed by atoms with Gasteiger partial charge in [0.05, 0.1) is 17.1 Å². The number of rotatable bonds is 9. The molecule has 1 heterocycles. The van der Waals surface area contributed by atoms with Gasteiger partial charge >= 0.3 is 0 Å². The molecule has 0 spiro atoms. The van der Waals surface area contributed by atoms with E-state index in [9.17, 15) is 18.0 Å². The molecule has 1 aromatic heterocycles. The van der Waals surface area contributed by atoms with Crippen LogP contribution in [-0.2, 0) is 26.2 Å². The Balaban J connectivity index is 1.39. The predicted octanol–water partition coefficient (Wildman–Crippen LogP) is 2.30. The number of nitrogens with one attached hydrogen (secondary N) is 3. The van der Waals surface area contributed by atoms with Crippen molar-refractivity contribution in [2.75, 3.05) is 6.54 Å². The molecule has 1 fully saturated rings. The topological polar surface area (TPSA) is 117 Å². The van der Waals surface area contributed by atoms with Crippen LogP contribution in [0.25, 0.3) is 0 Å². The first-order valence-corrected chi connectivity index (χ1v) is 12.8. The zero-order chi connectivity index (χ0) is 23.8. The van der Waals surface area contributed by atoms with Crippen LogP contribution in [0.1, 0.15) is 43.9 Å². The Morgan fingerprint density at radius 1 is 1.06 bits per heavy atom. The van der Waals surface area contributed by atoms with Crippen molar-refractivity contribution >= 4 is 21.8 Å². The molecule has 3 N–H and O–H groups in total. The molecule has 1 aromatic carbocycles. The number of pyridine rings is 1. The van der Waals surface area contributed by atoms with Gasteiger partial charge in [-0.3, -0.25) is 14.6 Å². The maximum absolute atomic E-state index is 12.6. The molecule has 0 aliphatic heterocycles. The van der Waals surface area contributed by atoms with E-state index in [1.54, 1.807) is 37.4 Å². The highest BCUT2D eigenvalue weighted by Crippen LogP contribution is 2.29. The van der Waals surface area contributed by atoms with Crippen LogP contribution in [0.5, 0.6) is 0 Å². The molecule has 8 nitrogen and oxygen atoms in total. The second-order valence-electron chi connectivity index (χ2n) is 8.65. The summed E-state index contributed by atoms with van der Waals surface area (Å²) in [4.78, 5) is 29.3. The first-order chi connectivity index (χ1) is 15.7. The number of benzene rings is 1. The lowest BCUT2D eigenvalue weighted by Crippen LogP contribution is -2.47. The van der Waals surface area contributed by atoms with Crippen molar-refractivity contribution in [3.8, 4) is 0 Å². The van der Waals surface area contributed by atoms with Gasteiger partial charge in [-0.1, -0.05) is 23.8 Å². The summed E-state index contributed by atoms with van der Waals surface area (Å²) in [6, 6.07) is 11.6. The number of carbonyl (C=O) groups is 2. The fraction of sp³-hybridized carbons (Fsp3) is 0.458. The number of amides is 2. The molecule has 0 bridgehead atoms. The van der Waals surface area contributed by atoms with Gasteiger partial charge in [-0.15, -0.1) is 0 Å². The Labute approximate surface area is 195 Å². The van der Waals surface area contributed by atoms with E-state index in [4.69, 9.17) is 0 Å². The first-order valence-electron chi connectivity index (χ1n) is 11.3. The standard InChI is InChI=1S/C24H32N4O4S/c1-17-6-12-22(13-7-17)33(31,32)27-15-19-8-10-20(11-9-19)24(30)28-18(2)23(29)26-16-21-5-3-4-14-25-21/h3-7,12-14,18-20,27H,8-11,15-16H2,1-2H3,(H,26,29)(H,28,30). The van der Waals surface area contributed by atoms with Crippen molar-refractivity contribution in [2.45, 2.75) is 57.0 Å². The molecule has 1 unspecified atom stereocenters. The van der Waals surface area contributed by atoms with Gasteiger partial charge in [0.15, 0.2) is 0 Å². The zero-order valence-corrected chi connectivity index (χ0v) is 19.9. The predicted molar refractivity (Wildman–Crippen MR) is 126 cm³/mol. The van der Waals surface area contributed by atoms with Gasteiger partial charge in [0.25, 0.3) is 0 Å². The molecule has 9 heteroatoms. The second kappa shape index (κ2) is 11.4. The van der Waals surface area contributed by atoms with Crippen LogP contribution in [0, 0.1) is 18.8 Å². The molecule has 2 aromatic rings. The summed E-state index contributed by atoms with van der Waals surface area (Å²) in [5, 5.41) is 5.58. The average Bonchev–Trinajstić information content (AvgIpc) is 2.82. The fourth-order valence-corrected chi connectivity index (χ4v) is 5.00. The first kappa shape index (κ1) is 24.9. The number of hydrogen-bond acceptors (Lipinski definition) is 5. The van der Waals surface area contributed by atoms with Crippen molar-refractivity contribution in [1.29, 1.82) is 0 Å². The summed E-state index contributed by atoms with van der Waals surface area (Å²) >= 11 is 0. The molecule has 3 rings (SSSR count). The van der Waals surface area contributed by atoms with Gasteiger partial charge in [0.1, 0.15) is 6.04 Å². The highest BCUT2D eigenvalue weighted by Gasteiger charge is 2.29. The summed E-state index contributed by atoms with van der Waals surface area (Å²) in [5.74, 6) is -0.364. The summed E-state index contributed by atoms with van der Waals surface area (Å²) in [5.41, 5.74) is 1.76. The Bertz CT molecular complexity index is 1030. The Kier molecular flexibility index (Phi) is 8.57. The van der Waals surface area contributed by atoms with Gasteiger partial charge < -0.3 is 10.6 Å². The normalized spacial score (nSPS) is 19.5. The summed E-state index contributed by atoms with van der Waals surface area (Å²) in [6.07, 6.45) is 4.52. The minimum Gasteiger partial charge on any atom is -0.349 e. The van der Waals surface area contributed by atoms with Gasteiger partial charge in [-0.05, 0) is 69.7 Å². The minimum absolute atomic E-state index is 0.130. The molecule has 1 aliphatic rings. The van der Waals surface area contributed by atoms with Crippen LogP contribution in [0.3, 0.4) is 0 Å². The SMILES string of the molecule is Cc1ccc(S(=O)(=O)NCC2CCC(C(=O)NC(C)C(=O)NCc3ccccn3)CC2)cc1. The van der Waals surface area contributed by atoms with E-state index in [1.807, 2.05) is 25.1 Å². The number of nitrogens with zero attached hydrogens (tertiary/aromatic N) is 1. The van der Waals surface area contributed by atoms with Crippen molar-refractivity contribution < 1.29 is 18.0 Å². The maximum Gasteiger partial charge on any atom is 0.242 e. The quantitative estimate of drug-likeness (QED) is 0.518. The van der Waals surface area contributed by atoms with Crippen LogP contribution in [0.4, 0.5) is 0 Å². The lowest BCUT2D eigenvalue weighted by Gasteiger charge is -2.28. The third-order valence-electron chi connectivity index (χ3n) is 6.03. The number of aromatic nitrogens is 1. The van der Waals surface area contributed by atoms with Gasteiger partial charge in [-0.2, -0.15) is 0 Å². The Morgan fingerprint density at radius 3 is 2.39 bits per heavy atom. The molecule has 2 amide bonds. The van der Waals surface area contributed by atoms with E-state index >= 15 is 0 Å². The van der Waals surface area contributed by atoms with Crippen LogP contribution in [-0.4, -0.2) is 37.8 Å². The third kappa shape index (κ3) is 7.36. The van der Waals surface area contributed by atoms with E-state index < -0.39 is 16.1 Å². The maximum atomic E-state index is 12.6. The molecular weight excluding hydrogens is 440 g/mol. The Morgan fingerprint density at radius 2 is 1.76 bits per heavy atom. The molecule has 1 aliphatic carbocycles. The number of sulfonamides is 1. The van der Waals surface area contributed by atoms with Gasteiger partial charge in [0, 0.05) is 18.7 Å². The lowest BCUT2D eigenvalue weighted by molar-refractivity contribution is -0.131. The number of carbonyl (C=O) groups excluding carboxylic acids is 2. The number of aryl methyl sites for hydroxylation is 1. The largest absolute Gasteiger partial charge is 0.349 e. The molecule has 178 valence electrons. The fourth-order valence-electron chi connectivity index (χ4n) is 3.89. The molecule has 0 radical (unpaired) electrons. The summed E-state index contributed by atoms with van der Waals surface area (Å²) in [7, 11) is -3.54. The molecular formula is C24H32N4O4S. The van der Waals surface area contributed by atoms with E-state index in [2.05, 4.69) is 20.3 Å². The average molecular weight is 473 g/mol. The minimum atomic E-state index is -3.54. The zero-order valence-electron chi connectivity index (χ0n) is 19.1. The van der Waals surface area contributed by atoms with Crippen molar-refractivity contribution in [3.05, 3.63) is 59.9 Å². The monoisotopic (exact) mass is 472 g/mol. The van der Waals surface area contributed by atoms with Gasteiger partial charge in [-0.25, -0.2) is 13.1 Å². The van der Waals surface area contributed by atoms with Crippen LogP contribution in [0.2, 0.25) is 0 Å². The molecule has 1 atom stereocenters. The van der Waals surface area contributed by atoms with Crippen LogP contribution < -0.4 is 15.4 Å². The van der Waals surface area contributed by atoms with Gasteiger partial charge in [0.2, 0.25) is 21.8 Å². The highest BCUT2D eigenvalue weighted by atomic mass is 32.2. The third-order valence-corrected chi connectivity index (χ3v) is 7.47. The molecule has 0 saturated heterocycles. The smallest absolute Gasteiger partial charge is 0.242 e. The van der Waals surface area contributed by atoms with E-state index in [1.165, 1.54) is 0 Å². The summed E-state index contributed by atoms with van der Waals surface area (Å²) < 4.78 is 27.6. The molecule has 1 saturated carbocycles. The second-order valence-corrected chi connectivity index (χ2v) is 10.4. The highest BCUT2D eigenvalue weighted by molar-refractivity contribution is 7.89. The van der Waals surface area contributed by atoms with Crippen LogP contribution >= 0.6 is 0 Å². The van der Waals surface area contributed by atoms with Crippen LogP contribution in [0.15, 0.2) is 53.6 Å².